The molecule has 1 heterocycles. The highest BCUT2D eigenvalue weighted by Gasteiger charge is 2.05. The molecule has 0 fully saturated rings. The van der Waals surface area contributed by atoms with E-state index in [0.717, 1.165) is 12.1 Å². The molecule has 1 atom stereocenters. The van der Waals surface area contributed by atoms with Crippen LogP contribution in [0.4, 0.5) is 0 Å². The van der Waals surface area contributed by atoms with Crippen LogP contribution in [0, 0.1) is 0 Å². The van der Waals surface area contributed by atoms with E-state index in [0.29, 0.717) is 22.5 Å². The second-order valence-corrected chi connectivity index (χ2v) is 5.29. The van der Waals surface area contributed by atoms with Crippen molar-refractivity contribution in [1.29, 1.82) is 0 Å². The Morgan fingerprint density at radius 1 is 1.20 bits per heavy atom. The first-order valence-corrected chi connectivity index (χ1v) is 7.13. The molecule has 2 rings (SSSR count). The van der Waals surface area contributed by atoms with E-state index in [4.69, 9.17) is 27.9 Å². The van der Waals surface area contributed by atoms with Gasteiger partial charge in [-0.1, -0.05) is 35.3 Å². The van der Waals surface area contributed by atoms with E-state index >= 15 is 0 Å². The lowest BCUT2D eigenvalue weighted by atomic mass is 10.2. The topological polar surface area (TPSA) is 34.1 Å². The molecular weight excluding hydrogens is 295 g/mol. The molecule has 0 saturated heterocycles. The summed E-state index contributed by atoms with van der Waals surface area (Å²) in [5, 5.41) is 4.46. The van der Waals surface area contributed by atoms with Crippen molar-refractivity contribution in [1.82, 2.24) is 10.3 Å². The highest BCUT2D eigenvalue weighted by atomic mass is 35.5. The average molecular weight is 311 g/mol. The SMILES string of the molecule is C[C@@H](CNCc1ccc(Cl)c(Cl)c1)Oc1ccccn1. The first kappa shape index (κ1) is 15.1. The van der Waals surface area contributed by atoms with Gasteiger partial charge in [0.2, 0.25) is 5.88 Å². The molecule has 0 spiro atoms. The number of ether oxygens (including phenoxy) is 1. The quantitative estimate of drug-likeness (QED) is 0.877. The largest absolute Gasteiger partial charge is 0.473 e. The molecule has 0 bridgehead atoms. The third kappa shape index (κ3) is 4.67. The molecule has 1 aromatic carbocycles. The Bertz CT molecular complexity index is 549. The van der Waals surface area contributed by atoms with Gasteiger partial charge in [-0.05, 0) is 30.7 Å². The lowest BCUT2D eigenvalue weighted by molar-refractivity contribution is 0.208. The van der Waals surface area contributed by atoms with Gasteiger partial charge in [-0.25, -0.2) is 4.98 Å². The van der Waals surface area contributed by atoms with E-state index in [1.165, 1.54) is 0 Å². The maximum Gasteiger partial charge on any atom is 0.213 e. The maximum atomic E-state index is 5.97. The second-order valence-electron chi connectivity index (χ2n) is 4.48. The summed E-state index contributed by atoms with van der Waals surface area (Å²) in [7, 11) is 0. The number of pyridine rings is 1. The molecule has 2 aromatic rings. The predicted molar refractivity (Wildman–Crippen MR) is 82.5 cm³/mol. The second kappa shape index (κ2) is 7.48. The van der Waals surface area contributed by atoms with Gasteiger partial charge in [-0.2, -0.15) is 0 Å². The number of nitrogens with zero attached hydrogens (tertiary/aromatic N) is 1. The fourth-order valence-corrected chi connectivity index (χ4v) is 2.05. The third-order valence-electron chi connectivity index (χ3n) is 2.70. The molecular formula is C15H16Cl2N2O. The minimum absolute atomic E-state index is 0.0349. The highest BCUT2D eigenvalue weighted by Crippen LogP contribution is 2.22. The molecule has 20 heavy (non-hydrogen) atoms. The van der Waals surface area contributed by atoms with Crippen LogP contribution < -0.4 is 10.1 Å². The van der Waals surface area contributed by atoms with Gasteiger partial charge in [0, 0.05) is 25.4 Å². The van der Waals surface area contributed by atoms with Crippen LogP contribution in [0.3, 0.4) is 0 Å². The van der Waals surface area contributed by atoms with Gasteiger partial charge in [0.15, 0.2) is 0 Å². The molecule has 0 aliphatic carbocycles. The molecule has 0 aliphatic heterocycles. The van der Waals surface area contributed by atoms with Gasteiger partial charge >= 0.3 is 0 Å². The minimum Gasteiger partial charge on any atom is -0.473 e. The third-order valence-corrected chi connectivity index (χ3v) is 3.44. The summed E-state index contributed by atoms with van der Waals surface area (Å²) in [5.74, 6) is 0.635. The Hall–Kier alpha value is -1.29. The molecule has 1 aromatic heterocycles. The number of hydrogen-bond acceptors (Lipinski definition) is 3. The van der Waals surface area contributed by atoms with Gasteiger partial charge in [0.25, 0.3) is 0 Å². The lowest BCUT2D eigenvalue weighted by Gasteiger charge is -2.14. The van der Waals surface area contributed by atoms with E-state index in [9.17, 15) is 0 Å². The van der Waals surface area contributed by atoms with Gasteiger partial charge in [0.1, 0.15) is 6.10 Å². The fraction of sp³-hybridized carbons (Fsp3) is 0.267. The normalized spacial score (nSPS) is 12.2. The van der Waals surface area contributed by atoms with Crippen molar-refractivity contribution < 1.29 is 4.74 Å². The number of hydrogen-bond donors (Lipinski definition) is 1. The maximum absolute atomic E-state index is 5.97. The summed E-state index contributed by atoms with van der Waals surface area (Å²) < 4.78 is 5.67. The standard InChI is InChI=1S/C15H16Cl2N2O/c1-11(20-15-4-2-3-7-19-15)9-18-10-12-5-6-13(16)14(17)8-12/h2-8,11,18H,9-10H2,1H3/t11-/m0/s1. The molecule has 106 valence electrons. The molecule has 5 heteroatoms. The molecule has 0 amide bonds. The lowest BCUT2D eigenvalue weighted by Crippen LogP contribution is -2.28. The summed E-state index contributed by atoms with van der Waals surface area (Å²) in [6, 6.07) is 11.2. The van der Waals surface area contributed by atoms with E-state index in [1.54, 1.807) is 12.3 Å². The molecule has 0 radical (unpaired) electrons. The Morgan fingerprint density at radius 2 is 2.05 bits per heavy atom. The Balaban J connectivity index is 1.76. The van der Waals surface area contributed by atoms with Crippen LogP contribution in [-0.2, 0) is 6.54 Å². The molecule has 1 N–H and O–H groups in total. The summed E-state index contributed by atoms with van der Waals surface area (Å²) in [6.45, 7) is 3.43. The number of aromatic nitrogens is 1. The highest BCUT2D eigenvalue weighted by molar-refractivity contribution is 6.42. The van der Waals surface area contributed by atoms with E-state index in [-0.39, 0.29) is 6.10 Å². The minimum atomic E-state index is 0.0349. The van der Waals surface area contributed by atoms with Crippen molar-refractivity contribution in [3.05, 3.63) is 58.2 Å². The van der Waals surface area contributed by atoms with Gasteiger partial charge in [0.05, 0.1) is 10.0 Å². The van der Waals surface area contributed by atoms with E-state index < -0.39 is 0 Å². The zero-order chi connectivity index (χ0) is 14.4. The zero-order valence-corrected chi connectivity index (χ0v) is 12.7. The fourth-order valence-electron chi connectivity index (χ4n) is 1.73. The number of nitrogens with one attached hydrogen (secondary N) is 1. The van der Waals surface area contributed by atoms with Crippen molar-refractivity contribution in [3.8, 4) is 5.88 Å². The molecule has 0 aliphatic rings. The van der Waals surface area contributed by atoms with Crippen LogP contribution in [0.5, 0.6) is 5.88 Å². The van der Waals surface area contributed by atoms with Gasteiger partial charge in [-0.3, -0.25) is 0 Å². The average Bonchev–Trinajstić information content (AvgIpc) is 2.44. The number of halogens is 2. The van der Waals surface area contributed by atoms with Crippen LogP contribution in [0.1, 0.15) is 12.5 Å². The van der Waals surface area contributed by atoms with Crippen molar-refractivity contribution >= 4 is 23.2 Å². The zero-order valence-electron chi connectivity index (χ0n) is 11.1. The van der Waals surface area contributed by atoms with Gasteiger partial charge in [-0.15, -0.1) is 0 Å². The van der Waals surface area contributed by atoms with Crippen molar-refractivity contribution in [2.24, 2.45) is 0 Å². The van der Waals surface area contributed by atoms with E-state index in [1.807, 2.05) is 37.3 Å². The Labute approximate surface area is 128 Å². The smallest absolute Gasteiger partial charge is 0.213 e. The van der Waals surface area contributed by atoms with Crippen LogP contribution in [0.2, 0.25) is 10.0 Å². The predicted octanol–water partition coefficient (Wildman–Crippen LogP) is 3.95. The summed E-state index contributed by atoms with van der Waals surface area (Å²) in [5.41, 5.74) is 1.09. The van der Waals surface area contributed by atoms with Crippen molar-refractivity contribution in [2.75, 3.05) is 6.54 Å². The van der Waals surface area contributed by atoms with Crippen molar-refractivity contribution in [3.63, 3.8) is 0 Å². The van der Waals surface area contributed by atoms with Crippen molar-refractivity contribution in [2.45, 2.75) is 19.6 Å². The van der Waals surface area contributed by atoms with Crippen LogP contribution >= 0.6 is 23.2 Å². The summed E-state index contributed by atoms with van der Waals surface area (Å²) >= 11 is 11.8. The molecule has 0 saturated carbocycles. The number of rotatable bonds is 6. The monoisotopic (exact) mass is 310 g/mol. The van der Waals surface area contributed by atoms with Crippen LogP contribution in [-0.4, -0.2) is 17.6 Å². The Kier molecular flexibility index (Phi) is 5.65. The summed E-state index contributed by atoms with van der Waals surface area (Å²) in [4.78, 5) is 4.12. The van der Waals surface area contributed by atoms with E-state index in [2.05, 4.69) is 10.3 Å². The number of benzene rings is 1. The Morgan fingerprint density at radius 3 is 2.75 bits per heavy atom. The molecule has 0 unspecified atom stereocenters. The van der Waals surface area contributed by atoms with Gasteiger partial charge < -0.3 is 10.1 Å². The molecule has 3 nitrogen and oxygen atoms in total. The first-order chi connectivity index (χ1) is 9.65. The first-order valence-electron chi connectivity index (χ1n) is 6.37. The van der Waals surface area contributed by atoms with Crippen LogP contribution in [0.15, 0.2) is 42.6 Å². The summed E-state index contributed by atoms with van der Waals surface area (Å²) in [6.07, 6.45) is 1.75. The van der Waals surface area contributed by atoms with Crippen LogP contribution in [0.25, 0.3) is 0 Å².